The van der Waals surface area contributed by atoms with E-state index < -0.39 is 0 Å². The van der Waals surface area contributed by atoms with Crippen molar-refractivity contribution in [2.75, 3.05) is 0 Å². The number of aryl methyl sites for hydroxylation is 3. The van der Waals surface area contributed by atoms with Crippen molar-refractivity contribution in [3.05, 3.63) is 126 Å². The van der Waals surface area contributed by atoms with Crippen LogP contribution in [0.2, 0.25) is 0 Å². The maximum atomic E-state index is 6.47. The van der Waals surface area contributed by atoms with Crippen LogP contribution in [0.5, 0.6) is 0 Å². The maximum absolute atomic E-state index is 6.47. The molecule has 0 aliphatic rings. The minimum atomic E-state index is 0.908. The third-order valence-electron chi connectivity index (χ3n) is 8.85. The molecule has 5 aromatic carbocycles. The molecule has 0 bridgehead atoms. The van der Waals surface area contributed by atoms with Crippen LogP contribution in [0.1, 0.15) is 16.7 Å². The number of imidazole rings is 1. The SMILES string of the molecule is Cc1cc2c(oc3ccccc32)c(C)c1-n1c(-c2ccc(C)c3c2sc2nc(-c4ccccc4)ccc23)nc2ccccc21. The van der Waals surface area contributed by atoms with E-state index in [1.165, 1.54) is 26.6 Å². The van der Waals surface area contributed by atoms with Gasteiger partial charge in [-0.15, -0.1) is 11.3 Å². The number of benzene rings is 5. The highest BCUT2D eigenvalue weighted by atomic mass is 32.1. The fourth-order valence-corrected chi connectivity index (χ4v) is 8.08. The molecule has 4 aromatic heterocycles. The molecular weight excluding hydrogens is 559 g/mol. The fraction of sp³-hybridized carbons (Fsp3) is 0.0769. The van der Waals surface area contributed by atoms with Gasteiger partial charge in [-0.2, -0.15) is 0 Å². The van der Waals surface area contributed by atoms with E-state index in [2.05, 4.69) is 116 Å². The van der Waals surface area contributed by atoms with Crippen LogP contribution in [0, 0.1) is 20.8 Å². The quantitative estimate of drug-likeness (QED) is 0.207. The van der Waals surface area contributed by atoms with Gasteiger partial charge in [-0.25, -0.2) is 9.97 Å². The van der Waals surface area contributed by atoms with Gasteiger partial charge in [-0.05, 0) is 74.4 Å². The Bertz CT molecular complexity index is 2590. The van der Waals surface area contributed by atoms with E-state index in [-0.39, 0.29) is 0 Å². The van der Waals surface area contributed by atoms with Crippen LogP contribution in [-0.4, -0.2) is 14.5 Å². The van der Waals surface area contributed by atoms with Crippen molar-refractivity contribution in [1.82, 2.24) is 14.5 Å². The molecule has 4 heterocycles. The smallest absolute Gasteiger partial charge is 0.147 e. The van der Waals surface area contributed by atoms with Crippen molar-refractivity contribution >= 4 is 64.6 Å². The molecule has 5 heteroatoms. The third-order valence-corrected chi connectivity index (χ3v) is 9.99. The number of pyridine rings is 1. The summed E-state index contributed by atoms with van der Waals surface area (Å²) in [6, 6.07) is 38.2. The van der Waals surface area contributed by atoms with Gasteiger partial charge < -0.3 is 4.42 Å². The van der Waals surface area contributed by atoms with Gasteiger partial charge in [-0.1, -0.05) is 66.7 Å². The lowest BCUT2D eigenvalue weighted by Gasteiger charge is -2.16. The molecule has 0 spiro atoms. The summed E-state index contributed by atoms with van der Waals surface area (Å²) in [5.41, 5.74) is 11.7. The monoisotopic (exact) mass is 585 g/mol. The Balaban J connectivity index is 1.35. The highest BCUT2D eigenvalue weighted by molar-refractivity contribution is 7.26. The predicted octanol–water partition coefficient (Wildman–Crippen LogP) is 10.9. The Morgan fingerprint density at radius 3 is 2.36 bits per heavy atom. The Kier molecular flexibility index (Phi) is 5.38. The number of hydrogen-bond acceptors (Lipinski definition) is 4. The second-order valence-corrected chi connectivity index (χ2v) is 12.6. The van der Waals surface area contributed by atoms with Crippen molar-refractivity contribution in [3.8, 4) is 28.3 Å². The van der Waals surface area contributed by atoms with Crippen LogP contribution < -0.4 is 0 Å². The molecule has 0 unspecified atom stereocenters. The first kappa shape index (κ1) is 25.3. The first-order chi connectivity index (χ1) is 21.6. The summed E-state index contributed by atoms with van der Waals surface area (Å²) in [6.07, 6.45) is 0. The number of furan rings is 1. The minimum absolute atomic E-state index is 0.908. The summed E-state index contributed by atoms with van der Waals surface area (Å²) in [5.74, 6) is 0.924. The van der Waals surface area contributed by atoms with Crippen molar-refractivity contribution < 1.29 is 4.42 Å². The lowest BCUT2D eigenvalue weighted by atomic mass is 10.0. The van der Waals surface area contributed by atoms with Gasteiger partial charge >= 0.3 is 0 Å². The molecule has 0 saturated heterocycles. The van der Waals surface area contributed by atoms with E-state index in [4.69, 9.17) is 14.4 Å². The fourth-order valence-electron chi connectivity index (χ4n) is 6.83. The highest BCUT2D eigenvalue weighted by Crippen LogP contribution is 2.44. The normalized spacial score (nSPS) is 12.0. The van der Waals surface area contributed by atoms with Gasteiger partial charge in [0.1, 0.15) is 21.8 Å². The van der Waals surface area contributed by atoms with E-state index in [1.54, 1.807) is 11.3 Å². The molecule has 0 atom stereocenters. The Morgan fingerprint density at radius 1 is 0.682 bits per heavy atom. The molecule has 210 valence electrons. The van der Waals surface area contributed by atoms with Crippen LogP contribution in [0.15, 0.2) is 114 Å². The number of nitrogens with zero attached hydrogens (tertiary/aromatic N) is 3. The zero-order valence-corrected chi connectivity index (χ0v) is 25.4. The van der Waals surface area contributed by atoms with Crippen LogP contribution in [-0.2, 0) is 0 Å². The molecular formula is C39H27N3OS. The number of thiophene rings is 1. The average Bonchev–Trinajstić information content (AvgIpc) is 3.74. The molecule has 0 aliphatic heterocycles. The second-order valence-electron chi connectivity index (χ2n) is 11.6. The molecule has 9 aromatic rings. The number of aromatic nitrogens is 3. The van der Waals surface area contributed by atoms with E-state index in [0.717, 1.165) is 71.7 Å². The van der Waals surface area contributed by atoms with Crippen LogP contribution in [0.3, 0.4) is 0 Å². The van der Waals surface area contributed by atoms with E-state index in [9.17, 15) is 0 Å². The summed E-state index contributed by atoms with van der Waals surface area (Å²) in [6.45, 7) is 6.56. The van der Waals surface area contributed by atoms with E-state index in [0.29, 0.717) is 0 Å². The Morgan fingerprint density at radius 2 is 1.48 bits per heavy atom. The molecule has 0 fully saturated rings. The maximum Gasteiger partial charge on any atom is 0.147 e. The molecule has 44 heavy (non-hydrogen) atoms. The third kappa shape index (κ3) is 3.56. The van der Waals surface area contributed by atoms with Gasteiger partial charge in [0, 0.05) is 42.9 Å². The second kappa shape index (κ2) is 9.37. The number of fused-ring (bicyclic) bond motifs is 7. The number of hydrogen-bond donors (Lipinski definition) is 0. The number of rotatable bonds is 3. The van der Waals surface area contributed by atoms with E-state index in [1.807, 2.05) is 18.2 Å². The Hall–Kier alpha value is -5.26. The molecule has 0 saturated carbocycles. The zero-order valence-electron chi connectivity index (χ0n) is 24.6. The van der Waals surface area contributed by atoms with Crippen molar-refractivity contribution in [1.29, 1.82) is 0 Å². The van der Waals surface area contributed by atoms with Crippen molar-refractivity contribution in [3.63, 3.8) is 0 Å². The van der Waals surface area contributed by atoms with Gasteiger partial charge in [0.15, 0.2) is 0 Å². The van der Waals surface area contributed by atoms with Crippen molar-refractivity contribution in [2.24, 2.45) is 0 Å². The first-order valence-corrected chi connectivity index (χ1v) is 15.7. The standard InChI is InChI=1S/C39H27N3OS/c1-22-17-18-28(37-34(22)27-19-20-30(41-39(27)44-37)25-11-5-4-6-12-25)38-40-31-14-8-9-15-32(31)42(38)35-23(2)21-29-26-13-7-10-16-33(26)43-36(29)24(35)3/h4-21H,1-3H3. The largest absolute Gasteiger partial charge is 0.456 e. The first-order valence-electron chi connectivity index (χ1n) is 14.8. The molecule has 0 amide bonds. The number of para-hydroxylation sites is 3. The molecule has 0 radical (unpaired) electrons. The van der Waals surface area contributed by atoms with Crippen LogP contribution >= 0.6 is 11.3 Å². The lowest BCUT2D eigenvalue weighted by Crippen LogP contribution is -2.03. The summed E-state index contributed by atoms with van der Waals surface area (Å²) >= 11 is 1.75. The highest BCUT2D eigenvalue weighted by Gasteiger charge is 2.24. The lowest BCUT2D eigenvalue weighted by molar-refractivity contribution is 0.665. The van der Waals surface area contributed by atoms with Gasteiger partial charge in [0.25, 0.3) is 0 Å². The summed E-state index contributed by atoms with van der Waals surface area (Å²) in [7, 11) is 0. The van der Waals surface area contributed by atoms with Crippen molar-refractivity contribution in [2.45, 2.75) is 20.8 Å². The minimum Gasteiger partial charge on any atom is -0.456 e. The topological polar surface area (TPSA) is 43.9 Å². The predicted molar refractivity (Wildman–Crippen MR) is 184 cm³/mol. The summed E-state index contributed by atoms with van der Waals surface area (Å²) in [4.78, 5) is 11.5. The van der Waals surface area contributed by atoms with Gasteiger partial charge in [0.2, 0.25) is 0 Å². The van der Waals surface area contributed by atoms with Gasteiger partial charge in [-0.3, -0.25) is 4.57 Å². The molecule has 9 rings (SSSR count). The van der Waals surface area contributed by atoms with Crippen LogP contribution in [0.4, 0.5) is 0 Å². The summed E-state index contributed by atoms with van der Waals surface area (Å²) in [5, 5.41) is 4.72. The Labute approximate surface area is 257 Å². The van der Waals surface area contributed by atoms with E-state index >= 15 is 0 Å². The molecule has 0 aliphatic carbocycles. The van der Waals surface area contributed by atoms with Crippen LogP contribution in [0.25, 0.3) is 81.6 Å². The molecule has 4 nitrogen and oxygen atoms in total. The average molecular weight is 586 g/mol. The zero-order chi connectivity index (χ0) is 29.5. The molecule has 0 N–H and O–H groups in total. The summed E-state index contributed by atoms with van der Waals surface area (Å²) < 4.78 is 10.0. The van der Waals surface area contributed by atoms with Gasteiger partial charge in [0.05, 0.1) is 22.4 Å².